The summed E-state index contributed by atoms with van der Waals surface area (Å²) < 4.78 is 10.7. The maximum Gasteiger partial charge on any atom is 0.263 e. The Bertz CT molecular complexity index is 579. The molecule has 7 heteroatoms. The number of ether oxygens (including phenoxy) is 2. The van der Waals surface area contributed by atoms with Crippen LogP contribution in [0, 0.1) is 0 Å². The molecule has 1 aliphatic rings. The summed E-state index contributed by atoms with van der Waals surface area (Å²) in [5.41, 5.74) is 0. The van der Waals surface area contributed by atoms with Gasteiger partial charge in [0.1, 0.15) is 5.75 Å². The van der Waals surface area contributed by atoms with Crippen LogP contribution in [0.4, 0.5) is 0 Å². The van der Waals surface area contributed by atoms with E-state index in [2.05, 4.69) is 0 Å². The van der Waals surface area contributed by atoms with Gasteiger partial charge in [0.25, 0.3) is 5.91 Å². The second-order valence-electron chi connectivity index (χ2n) is 6.02. The monoisotopic (exact) mass is 368 g/mol. The van der Waals surface area contributed by atoms with Crippen LogP contribution in [0.5, 0.6) is 5.75 Å². The van der Waals surface area contributed by atoms with Gasteiger partial charge in [-0.25, -0.2) is 0 Å². The number of halogens is 1. The molecule has 2 rings (SSSR count). The van der Waals surface area contributed by atoms with Crippen molar-refractivity contribution in [1.29, 1.82) is 0 Å². The van der Waals surface area contributed by atoms with E-state index in [1.807, 2.05) is 0 Å². The van der Waals surface area contributed by atoms with Crippen LogP contribution in [0.2, 0.25) is 5.02 Å². The van der Waals surface area contributed by atoms with Gasteiger partial charge in [-0.2, -0.15) is 0 Å². The van der Waals surface area contributed by atoms with Crippen LogP contribution in [-0.2, 0) is 14.3 Å². The fraction of sp³-hybridized carbons (Fsp3) is 0.556. The number of benzene rings is 1. The first-order valence-electron chi connectivity index (χ1n) is 8.49. The molecule has 1 fully saturated rings. The molecule has 138 valence electrons. The van der Waals surface area contributed by atoms with E-state index in [0.717, 1.165) is 6.42 Å². The van der Waals surface area contributed by atoms with E-state index in [-0.39, 0.29) is 11.8 Å². The van der Waals surface area contributed by atoms with Gasteiger partial charge in [0.2, 0.25) is 5.91 Å². The third-order valence-electron chi connectivity index (χ3n) is 4.15. The third-order valence-corrected chi connectivity index (χ3v) is 4.41. The van der Waals surface area contributed by atoms with Gasteiger partial charge in [-0.1, -0.05) is 11.6 Å². The number of carbonyl (C=O) groups excluding carboxylic acids is 2. The molecular formula is C18H25ClN2O4. The number of nitrogens with zero attached hydrogens (tertiary/aromatic N) is 2. The second-order valence-corrected chi connectivity index (χ2v) is 6.45. The fourth-order valence-corrected chi connectivity index (χ4v) is 2.89. The van der Waals surface area contributed by atoms with Crippen molar-refractivity contribution in [1.82, 2.24) is 9.80 Å². The van der Waals surface area contributed by atoms with E-state index in [1.54, 1.807) is 48.1 Å². The predicted octanol–water partition coefficient (Wildman–Crippen LogP) is 2.20. The van der Waals surface area contributed by atoms with Crippen LogP contribution in [0.1, 0.15) is 19.8 Å². The Hall–Kier alpha value is -1.79. The molecule has 0 saturated carbocycles. The number of carbonyl (C=O) groups is 2. The van der Waals surface area contributed by atoms with Crippen molar-refractivity contribution in [3.63, 3.8) is 0 Å². The minimum absolute atomic E-state index is 0.0684. The summed E-state index contributed by atoms with van der Waals surface area (Å²) >= 11 is 5.85. The molecule has 0 spiro atoms. The Morgan fingerprint density at radius 1 is 1.12 bits per heavy atom. The van der Waals surface area contributed by atoms with Crippen molar-refractivity contribution in [3.8, 4) is 5.75 Å². The third kappa shape index (κ3) is 5.90. The quantitative estimate of drug-likeness (QED) is 0.772. The Morgan fingerprint density at radius 2 is 1.76 bits per heavy atom. The number of hydrogen-bond acceptors (Lipinski definition) is 4. The molecule has 1 aromatic carbocycles. The van der Waals surface area contributed by atoms with Crippen molar-refractivity contribution < 1.29 is 19.1 Å². The molecule has 0 N–H and O–H groups in total. The first kappa shape index (κ1) is 19.5. The number of rotatable bonds is 6. The maximum absolute atomic E-state index is 12.6. The molecule has 0 aliphatic carbocycles. The van der Waals surface area contributed by atoms with E-state index in [4.69, 9.17) is 21.1 Å². The average Bonchev–Trinajstić information content (AvgIpc) is 2.87. The molecule has 1 saturated heterocycles. The summed E-state index contributed by atoms with van der Waals surface area (Å²) in [5, 5.41) is 0.622. The van der Waals surface area contributed by atoms with Gasteiger partial charge in [-0.05, 0) is 37.6 Å². The zero-order valence-corrected chi connectivity index (χ0v) is 15.5. The van der Waals surface area contributed by atoms with Gasteiger partial charge in [0, 0.05) is 38.3 Å². The van der Waals surface area contributed by atoms with Crippen molar-refractivity contribution in [2.24, 2.45) is 0 Å². The van der Waals surface area contributed by atoms with E-state index in [1.165, 1.54) is 0 Å². The zero-order chi connectivity index (χ0) is 18.2. The highest BCUT2D eigenvalue weighted by Crippen LogP contribution is 2.17. The predicted molar refractivity (Wildman–Crippen MR) is 95.8 cm³/mol. The van der Waals surface area contributed by atoms with Gasteiger partial charge in [0.05, 0.1) is 13.0 Å². The summed E-state index contributed by atoms with van der Waals surface area (Å²) in [7, 11) is 1.58. The molecule has 1 atom stereocenters. The minimum atomic E-state index is -0.586. The molecule has 1 unspecified atom stereocenters. The largest absolute Gasteiger partial charge is 0.481 e. The second kappa shape index (κ2) is 9.63. The summed E-state index contributed by atoms with van der Waals surface area (Å²) in [6.45, 7) is 4.51. The van der Waals surface area contributed by atoms with Crippen molar-refractivity contribution in [2.75, 3.05) is 39.9 Å². The van der Waals surface area contributed by atoms with Crippen molar-refractivity contribution >= 4 is 23.4 Å². The molecule has 1 aromatic rings. The molecule has 1 heterocycles. The Morgan fingerprint density at radius 3 is 2.44 bits per heavy atom. The molecule has 2 amide bonds. The van der Waals surface area contributed by atoms with Crippen LogP contribution in [0.25, 0.3) is 0 Å². The van der Waals surface area contributed by atoms with Gasteiger partial charge in [0.15, 0.2) is 6.10 Å². The van der Waals surface area contributed by atoms with E-state index >= 15 is 0 Å². The maximum atomic E-state index is 12.6. The first-order valence-corrected chi connectivity index (χ1v) is 8.87. The summed E-state index contributed by atoms with van der Waals surface area (Å²) in [6, 6.07) is 6.93. The molecule has 25 heavy (non-hydrogen) atoms. The van der Waals surface area contributed by atoms with Crippen LogP contribution in [0.15, 0.2) is 24.3 Å². The van der Waals surface area contributed by atoms with Gasteiger partial charge >= 0.3 is 0 Å². The van der Waals surface area contributed by atoms with E-state index in [0.29, 0.717) is 50.0 Å². The highest BCUT2D eigenvalue weighted by molar-refractivity contribution is 6.30. The smallest absolute Gasteiger partial charge is 0.263 e. The average molecular weight is 369 g/mol. The highest BCUT2D eigenvalue weighted by atomic mass is 35.5. The molecular weight excluding hydrogens is 344 g/mol. The normalized spacial score (nSPS) is 16.3. The van der Waals surface area contributed by atoms with Crippen molar-refractivity contribution in [2.45, 2.75) is 25.9 Å². The Balaban J connectivity index is 1.87. The SMILES string of the molecule is COCCC(=O)N1CCCN(C(=O)C(C)Oc2ccc(Cl)cc2)CC1. The molecule has 1 aliphatic heterocycles. The lowest BCUT2D eigenvalue weighted by Gasteiger charge is -2.25. The Labute approximate surface area is 153 Å². The number of amides is 2. The van der Waals surface area contributed by atoms with Gasteiger partial charge in [-0.15, -0.1) is 0 Å². The van der Waals surface area contributed by atoms with Crippen LogP contribution < -0.4 is 4.74 Å². The lowest BCUT2D eigenvalue weighted by Crippen LogP contribution is -2.43. The number of hydrogen-bond donors (Lipinski definition) is 0. The summed E-state index contributed by atoms with van der Waals surface area (Å²) in [5.74, 6) is 0.610. The van der Waals surface area contributed by atoms with Crippen molar-refractivity contribution in [3.05, 3.63) is 29.3 Å². The fourth-order valence-electron chi connectivity index (χ4n) is 2.76. The van der Waals surface area contributed by atoms with Crippen LogP contribution >= 0.6 is 11.6 Å². The first-order chi connectivity index (χ1) is 12.0. The van der Waals surface area contributed by atoms with Crippen LogP contribution in [-0.4, -0.2) is 67.6 Å². The summed E-state index contributed by atoms with van der Waals surface area (Å²) in [6.07, 6.45) is 0.551. The Kier molecular flexibility index (Phi) is 7.52. The molecule has 0 bridgehead atoms. The van der Waals surface area contributed by atoms with E-state index in [9.17, 15) is 9.59 Å². The molecule has 6 nitrogen and oxygen atoms in total. The van der Waals surface area contributed by atoms with Gasteiger partial charge in [-0.3, -0.25) is 9.59 Å². The highest BCUT2D eigenvalue weighted by Gasteiger charge is 2.26. The minimum Gasteiger partial charge on any atom is -0.481 e. The molecule has 0 aromatic heterocycles. The van der Waals surface area contributed by atoms with Gasteiger partial charge < -0.3 is 19.3 Å². The van der Waals surface area contributed by atoms with E-state index < -0.39 is 6.10 Å². The number of methoxy groups -OCH3 is 1. The topological polar surface area (TPSA) is 59.1 Å². The lowest BCUT2D eigenvalue weighted by molar-refractivity contribution is -0.138. The lowest BCUT2D eigenvalue weighted by atomic mass is 10.3. The molecule has 0 radical (unpaired) electrons. The zero-order valence-electron chi connectivity index (χ0n) is 14.7. The summed E-state index contributed by atoms with van der Waals surface area (Å²) in [4.78, 5) is 28.3. The standard InChI is InChI=1S/C18H25ClN2O4/c1-14(25-16-6-4-15(19)5-7-16)18(23)21-10-3-9-20(11-12-21)17(22)8-13-24-2/h4-7,14H,3,8-13H2,1-2H3. The van der Waals surface area contributed by atoms with Crippen LogP contribution in [0.3, 0.4) is 0 Å².